The van der Waals surface area contributed by atoms with E-state index in [4.69, 9.17) is 0 Å². The van der Waals surface area contributed by atoms with E-state index >= 15 is 0 Å². The molecule has 2 atom stereocenters. The molecular formula is C13H15FN2O. The maximum Gasteiger partial charge on any atom is 0.241 e. The third kappa shape index (κ3) is 2.25. The minimum atomic E-state index is -0.359. The number of hydrazine groups is 1. The van der Waals surface area contributed by atoms with Crippen LogP contribution in [0.2, 0.25) is 0 Å². The van der Waals surface area contributed by atoms with Gasteiger partial charge in [-0.2, -0.15) is 0 Å². The van der Waals surface area contributed by atoms with Gasteiger partial charge in [-0.3, -0.25) is 15.6 Å². The van der Waals surface area contributed by atoms with Crippen molar-refractivity contribution in [3.63, 3.8) is 0 Å². The molecule has 17 heavy (non-hydrogen) atoms. The Bertz CT molecular complexity index is 445. The Labute approximate surface area is 99.4 Å². The summed E-state index contributed by atoms with van der Waals surface area (Å²) in [6.45, 7) is 0. The van der Waals surface area contributed by atoms with Gasteiger partial charge in [0.15, 0.2) is 0 Å². The van der Waals surface area contributed by atoms with Crippen LogP contribution in [0.3, 0.4) is 0 Å². The molecule has 2 fully saturated rings. The highest BCUT2D eigenvalue weighted by Crippen LogP contribution is 2.54. The minimum absolute atomic E-state index is 0.00912. The van der Waals surface area contributed by atoms with E-state index in [1.165, 1.54) is 18.9 Å². The van der Waals surface area contributed by atoms with E-state index in [0.717, 1.165) is 12.3 Å². The largest absolute Gasteiger partial charge is 0.296 e. The average molecular weight is 234 g/mol. The number of hydrogen-bond acceptors (Lipinski definition) is 2. The molecule has 3 nitrogen and oxygen atoms in total. The van der Waals surface area contributed by atoms with Crippen molar-refractivity contribution in [2.75, 3.05) is 5.43 Å². The van der Waals surface area contributed by atoms with Crippen LogP contribution in [0.25, 0.3) is 0 Å². The highest BCUT2D eigenvalue weighted by Gasteiger charge is 2.51. The summed E-state index contributed by atoms with van der Waals surface area (Å²) in [5, 5.41) is 0. The van der Waals surface area contributed by atoms with Crippen LogP contribution in [-0.4, -0.2) is 5.91 Å². The van der Waals surface area contributed by atoms with E-state index in [-0.39, 0.29) is 17.6 Å². The first-order chi connectivity index (χ1) is 8.25. The Morgan fingerprint density at radius 1 is 1.29 bits per heavy atom. The van der Waals surface area contributed by atoms with Crippen molar-refractivity contribution in [3.8, 4) is 0 Å². The first-order valence-corrected chi connectivity index (χ1v) is 6.06. The number of carbonyl (C=O) groups excluding carboxylic acids is 1. The molecule has 0 heterocycles. The van der Waals surface area contributed by atoms with Crippen LogP contribution in [0.4, 0.5) is 10.1 Å². The molecule has 2 saturated carbocycles. The Morgan fingerprint density at radius 2 is 2.06 bits per heavy atom. The Balaban J connectivity index is 1.51. The molecule has 90 valence electrons. The molecule has 0 bridgehead atoms. The van der Waals surface area contributed by atoms with Crippen molar-refractivity contribution in [1.82, 2.24) is 5.43 Å². The summed E-state index contributed by atoms with van der Waals surface area (Å²) in [5.74, 6) is 1.13. The normalized spacial score (nSPS) is 26.4. The summed E-state index contributed by atoms with van der Waals surface area (Å²) >= 11 is 0. The van der Waals surface area contributed by atoms with Crippen molar-refractivity contribution in [2.45, 2.75) is 19.3 Å². The third-order valence-corrected chi connectivity index (χ3v) is 3.60. The number of anilines is 1. The summed E-state index contributed by atoms with van der Waals surface area (Å²) < 4.78 is 13.3. The fourth-order valence-electron chi connectivity index (χ4n) is 2.35. The predicted octanol–water partition coefficient (Wildman–Crippen LogP) is 2.31. The molecule has 4 heteroatoms. The quantitative estimate of drug-likeness (QED) is 0.785. The molecule has 1 aromatic rings. The van der Waals surface area contributed by atoms with Crippen molar-refractivity contribution in [2.24, 2.45) is 17.8 Å². The average Bonchev–Trinajstić information content (AvgIpc) is 3.16. The van der Waals surface area contributed by atoms with Gasteiger partial charge >= 0.3 is 0 Å². The molecule has 1 aromatic carbocycles. The molecule has 0 aromatic heterocycles. The number of nitrogens with one attached hydrogen (secondary N) is 2. The lowest BCUT2D eigenvalue weighted by atomic mass is 10.2. The Hall–Kier alpha value is -1.58. The molecule has 3 rings (SSSR count). The Kier molecular flexibility index (Phi) is 2.50. The highest BCUT2D eigenvalue weighted by atomic mass is 19.1. The van der Waals surface area contributed by atoms with Crippen LogP contribution >= 0.6 is 0 Å². The summed E-state index contributed by atoms with van der Waals surface area (Å²) in [6.07, 6.45) is 3.54. The van der Waals surface area contributed by atoms with Crippen LogP contribution in [0, 0.1) is 23.6 Å². The standard InChI is InChI=1S/C13H15FN2O/c14-11-3-1-2-4-12(11)15-16-13(17)10-7-9(10)8-5-6-8/h1-4,8-10,15H,5-7H2,(H,16,17)/t9-,10+/m0/s1. The summed E-state index contributed by atoms with van der Waals surface area (Å²) in [7, 11) is 0. The number of rotatable bonds is 4. The lowest BCUT2D eigenvalue weighted by molar-refractivity contribution is -0.122. The second-order valence-corrected chi connectivity index (χ2v) is 4.94. The highest BCUT2D eigenvalue weighted by molar-refractivity contribution is 5.82. The van der Waals surface area contributed by atoms with Crippen LogP contribution in [0.15, 0.2) is 24.3 Å². The van der Waals surface area contributed by atoms with Crippen molar-refractivity contribution < 1.29 is 9.18 Å². The zero-order chi connectivity index (χ0) is 11.8. The first-order valence-electron chi connectivity index (χ1n) is 6.06. The number of hydrogen-bond donors (Lipinski definition) is 2. The summed E-state index contributed by atoms with van der Waals surface area (Å²) in [6, 6.07) is 6.30. The van der Waals surface area contributed by atoms with Gasteiger partial charge in [0.2, 0.25) is 5.91 Å². The van der Waals surface area contributed by atoms with Gasteiger partial charge in [-0.15, -0.1) is 0 Å². The van der Waals surface area contributed by atoms with Gasteiger partial charge in [0.25, 0.3) is 0 Å². The lowest BCUT2D eigenvalue weighted by Gasteiger charge is -2.08. The van der Waals surface area contributed by atoms with Crippen LogP contribution in [0.1, 0.15) is 19.3 Å². The molecular weight excluding hydrogens is 219 g/mol. The molecule has 0 aliphatic heterocycles. The SMILES string of the molecule is O=C(NNc1ccccc1F)[C@@H]1C[C@H]1C1CC1. The maximum atomic E-state index is 13.3. The second kappa shape index (κ2) is 4.02. The van der Waals surface area contributed by atoms with Crippen LogP contribution in [-0.2, 0) is 4.79 Å². The van der Waals surface area contributed by atoms with E-state index in [1.54, 1.807) is 18.2 Å². The fourth-order valence-corrected chi connectivity index (χ4v) is 2.35. The Morgan fingerprint density at radius 3 is 2.76 bits per heavy atom. The number of benzene rings is 1. The van der Waals surface area contributed by atoms with E-state index in [2.05, 4.69) is 10.9 Å². The van der Waals surface area contributed by atoms with Crippen LogP contribution < -0.4 is 10.9 Å². The molecule has 2 N–H and O–H groups in total. The van der Waals surface area contributed by atoms with Gasteiger partial charge < -0.3 is 0 Å². The smallest absolute Gasteiger partial charge is 0.241 e. The molecule has 1 amide bonds. The van der Waals surface area contributed by atoms with E-state index in [0.29, 0.717) is 11.6 Å². The van der Waals surface area contributed by atoms with Crippen molar-refractivity contribution >= 4 is 11.6 Å². The van der Waals surface area contributed by atoms with Crippen molar-refractivity contribution in [1.29, 1.82) is 0 Å². The van der Waals surface area contributed by atoms with Crippen molar-refractivity contribution in [3.05, 3.63) is 30.1 Å². The zero-order valence-electron chi connectivity index (χ0n) is 9.45. The third-order valence-electron chi connectivity index (χ3n) is 3.60. The monoisotopic (exact) mass is 234 g/mol. The molecule has 0 saturated heterocycles. The second-order valence-electron chi connectivity index (χ2n) is 4.94. The van der Waals surface area contributed by atoms with Gasteiger partial charge in [0.1, 0.15) is 5.82 Å². The number of para-hydroxylation sites is 1. The molecule has 2 aliphatic rings. The van der Waals surface area contributed by atoms with Gasteiger partial charge in [0.05, 0.1) is 5.69 Å². The van der Waals surface area contributed by atoms with E-state index in [1.807, 2.05) is 0 Å². The summed E-state index contributed by atoms with van der Waals surface area (Å²) in [5.41, 5.74) is 5.53. The number of carbonyl (C=O) groups is 1. The summed E-state index contributed by atoms with van der Waals surface area (Å²) in [4.78, 5) is 11.7. The zero-order valence-corrected chi connectivity index (χ0v) is 9.45. The first kappa shape index (κ1) is 10.6. The molecule has 2 aliphatic carbocycles. The van der Waals surface area contributed by atoms with Gasteiger partial charge in [0, 0.05) is 5.92 Å². The van der Waals surface area contributed by atoms with E-state index in [9.17, 15) is 9.18 Å². The predicted molar refractivity (Wildman–Crippen MR) is 62.5 cm³/mol. The van der Waals surface area contributed by atoms with E-state index < -0.39 is 0 Å². The minimum Gasteiger partial charge on any atom is -0.296 e. The molecule has 0 radical (unpaired) electrons. The number of halogens is 1. The van der Waals surface area contributed by atoms with Crippen LogP contribution in [0.5, 0.6) is 0 Å². The van der Waals surface area contributed by atoms with Gasteiger partial charge in [-0.1, -0.05) is 12.1 Å². The topological polar surface area (TPSA) is 41.1 Å². The fraction of sp³-hybridized carbons (Fsp3) is 0.462. The van der Waals surface area contributed by atoms with Gasteiger partial charge in [-0.05, 0) is 43.2 Å². The molecule has 0 spiro atoms. The lowest BCUT2D eigenvalue weighted by Crippen LogP contribution is -2.31. The maximum absolute atomic E-state index is 13.3. The number of amides is 1. The van der Waals surface area contributed by atoms with Gasteiger partial charge in [-0.25, -0.2) is 4.39 Å². The molecule has 0 unspecified atom stereocenters.